The predicted octanol–water partition coefficient (Wildman–Crippen LogP) is 1.09. The van der Waals surface area contributed by atoms with E-state index in [0.717, 1.165) is 19.4 Å². The van der Waals surface area contributed by atoms with Gasteiger partial charge >= 0.3 is 0 Å². The zero-order valence-corrected chi connectivity index (χ0v) is 9.86. The molecule has 1 aromatic rings. The minimum atomic E-state index is -0.227. The number of aryl methyl sites for hydroxylation is 1. The molecule has 1 aliphatic heterocycles. The molecule has 0 saturated heterocycles. The average molecular weight is 218 g/mol. The third-order valence-electron chi connectivity index (χ3n) is 3.37. The molecule has 1 heterocycles. The fraction of sp³-hybridized carbons (Fsp3) is 0.462. The molecule has 0 radical (unpaired) electrons. The van der Waals surface area contributed by atoms with Gasteiger partial charge in [0, 0.05) is 6.54 Å². The second kappa shape index (κ2) is 4.26. The molecule has 0 aromatic heterocycles. The van der Waals surface area contributed by atoms with E-state index in [1.54, 1.807) is 0 Å². The Bertz CT molecular complexity index is 414. The predicted molar refractivity (Wildman–Crippen MR) is 64.0 cm³/mol. The van der Waals surface area contributed by atoms with Crippen LogP contribution in [0.15, 0.2) is 18.2 Å². The summed E-state index contributed by atoms with van der Waals surface area (Å²) in [6.07, 6.45) is 1.78. The lowest BCUT2D eigenvalue weighted by molar-refractivity contribution is -0.123. The molecule has 1 aliphatic rings. The zero-order valence-electron chi connectivity index (χ0n) is 9.86. The maximum Gasteiger partial charge on any atom is 0.235 e. The Labute approximate surface area is 96.2 Å². The van der Waals surface area contributed by atoms with Gasteiger partial charge < -0.3 is 5.73 Å². The van der Waals surface area contributed by atoms with Crippen LogP contribution in [-0.4, -0.2) is 23.9 Å². The van der Waals surface area contributed by atoms with Crippen molar-refractivity contribution in [2.75, 3.05) is 7.05 Å². The summed E-state index contributed by atoms with van der Waals surface area (Å²) >= 11 is 0. The zero-order chi connectivity index (χ0) is 11.7. The molecule has 3 heteroatoms. The highest BCUT2D eigenvalue weighted by atomic mass is 16.1. The van der Waals surface area contributed by atoms with E-state index in [-0.39, 0.29) is 11.9 Å². The SMILES string of the molecule is CCc1ccc2c(c1)C[C@H](C(N)=O)N(C)C2. The number of amides is 1. The number of carbonyl (C=O) groups is 1. The van der Waals surface area contributed by atoms with Gasteiger partial charge in [0.2, 0.25) is 5.91 Å². The number of fused-ring (bicyclic) bond motifs is 1. The largest absolute Gasteiger partial charge is 0.368 e. The molecule has 2 rings (SSSR count). The van der Waals surface area contributed by atoms with Gasteiger partial charge in [-0.1, -0.05) is 25.1 Å². The number of hydrogen-bond acceptors (Lipinski definition) is 2. The standard InChI is InChI=1S/C13H18N2O/c1-3-9-4-5-10-8-15(2)12(13(14)16)7-11(10)6-9/h4-6,12H,3,7-8H2,1-2H3,(H2,14,16)/t12-/m1/s1. The summed E-state index contributed by atoms with van der Waals surface area (Å²) in [5.41, 5.74) is 9.33. The molecular weight excluding hydrogens is 200 g/mol. The highest BCUT2D eigenvalue weighted by Crippen LogP contribution is 2.23. The molecule has 16 heavy (non-hydrogen) atoms. The summed E-state index contributed by atoms with van der Waals surface area (Å²) in [6, 6.07) is 6.39. The van der Waals surface area contributed by atoms with E-state index in [0.29, 0.717) is 0 Å². The number of nitrogens with zero attached hydrogens (tertiary/aromatic N) is 1. The summed E-state index contributed by atoms with van der Waals surface area (Å²) in [6.45, 7) is 2.95. The number of rotatable bonds is 2. The van der Waals surface area contributed by atoms with Gasteiger partial charge in [-0.15, -0.1) is 0 Å². The number of likely N-dealkylation sites (N-methyl/N-ethyl adjacent to an activating group) is 1. The second-order valence-electron chi connectivity index (χ2n) is 4.49. The summed E-state index contributed by atoms with van der Waals surface area (Å²) in [7, 11) is 1.95. The third kappa shape index (κ3) is 1.95. The number of benzene rings is 1. The first kappa shape index (κ1) is 11.1. The van der Waals surface area contributed by atoms with Crippen molar-refractivity contribution in [3.05, 3.63) is 34.9 Å². The fourth-order valence-electron chi connectivity index (χ4n) is 2.30. The Hall–Kier alpha value is -1.35. The van der Waals surface area contributed by atoms with Crippen molar-refractivity contribution in [3.63, 3.8) is 0 Å². The topological polar surface area (TPSA) is 46.3 Å². The van der Waals surface area contributed by atoms with Crippen LogP contribution >= 0.6 is 0 Å². The monoisotopic (exact) mass is 218 g/mol. The number of primary amides is 1. The quantitative estimate of drug-likeness (QED) is 0.807. The van der Waals surface area contributed by atoms with Crippen LogP contribution in [0.1, 0.15) is 23.6 Å². The van der Waals surface area contributed by atoms with E-state index >= 15 is 0 Å². The van der Waals surface area contributed by atoms with Crippen molar-refractivity contribution >= 4 is 5.91 Å². The van der Waals surface area contributed by atoms with Crippen molar-refractivity contribution in [1.82, 2.24) is 4.90 Å². The maximum absolute atomic E-state index is 11.3. The van der Waals surface area contributed by atoms with E-state index in [1.807, 2.05) is 11.9 Å². The molecular formula is C13H18N2O. The first-order valence-corrected chi connectivity index (χ1v) is 5.72. The number of nitrogens with two attached hydrogens (primary N) is 1. The Morgan fingerprint density at radius 2 is 2.25 bits per heavy atom. The molecule has 3 nitrogen and oxygen atoms in total. The summed E-state index contributed by atoms with van der Waals surface area (Å²) in [5.74, 6) is -0.227. The van der Waals surface area contributed by atoms with Crippen molar-refractivity contribution in [2.45, 2.75) is 32.4 Å². The van der Waals surface area contributed by atoms with Crippen LogP contribution in [0.4, 0.5) is 0 Å². The molecule has 0 fully saturated rings. The van der Waals surface area contributed by atoms with E-state index in [4.69, 9.17) is 5.73 Å². The van der Waals surface area contributed by atoms with E-state index < -0.39 is 0 Å². The van der Waals surface area contributed by atoms with Crippen LogP contribution < -0.4 is 5.73 Å². The Morgan fingerprint density at radius 1 is 1.50 bits per heavy atom. The molecule has 86 valence electrons. The number of hydrogen-bond donors (Lipinski definition) is 1. The lowest BCUT2D eigenvalue weighted by Crippen LogP contribution is -2.46. The van der Waals surface area contributed by atoms with Crippen LogP contribution in [0.5, 0.6) is 0 Å². The lowest BCUT2D eigenvalue weighted by Gasteiger charge is -2.32. The number of carbonyl (C=O) groups excluding carboxylic acids is 1. The van der Waals surface area contributed by atoms with E-state index in [9.17, 15) is 4.79 Å². The van der Waals surface area contributed by atoms with Crippen molar-refractivity contribution in [1.29, 1.82) is 0 Å². The van der Waals surface area contributed by atoms with E-state index in [2.05, 4.69) is 25.1 Å². The van der Waals surface area contributed by atoms with Gasteiger partial charge in [-0.2, -0.15) is 0 Å². The lowest BCUT2D eigenvalue weighted by atomic mass is 9.92. The Morgan fingerprint density at radius 3 is 2.88 bits per heavy atom. The van der Waals surface area contributed by atoms with Gasteiger partial charge in [-0.05, 0) is 36.6 Å². The van der Waals surface area contributed by atoms with Crippen LogP contribution in [0.25, 0.3) is 0 Å². The minimum Gasteiger partial charge on any atom is -0.368 e. The van der Waals surface area contributed by atoms with Crippen molar-refractivity contribution < 1.29 is 4.79 Å². The van der Waals surface area contributed by atoms with Crippen molar-refractivity contribution in [2.24, 2.45) is 5.73 Å². The molecule has 0 spiro atoms. The van der Waals surface area contributed by atoms with Gasteiger partial charge in [0.1, 0.15) is 0 Å². The highest BCUT2D eigenvalue weighted by molar-refractivity contribution is 5.80. The molecule has 0 aliphatic carbocycles. The molecule has 0 saturated carbocycles. The van der Waals surface area contributed by atoms with Crippen molar-refractivity contribution in [3.8, 4) is 0 Å². The van der Waals surface area contributed by atoms with Crippen LogP contribution in [0, 0.1) is 0 Å². The smallest absolute Gasteiger partial charge is 0.235 e. The van der Waals surface area contributed by atoms with Gasteiger partial charge in [0.25, 0.3) is 0 Å². The summed E-state index contributed by atoms with van der Waals surface area (Å²) < 4.78 is 0. The summed E-state index contributed by atoms with van der Waals surface area (Å²) in [4.78, 5) is 13.3. The van der Waals surface area contributed by atoms with Crippen LogP contribution in [0.3, 0.4) is 0 Å². The van der Waals surface area contributed by atoms with Gasteiger partial charge in [0.05, 0.1) is 6.04 Å². The first-order chi connectivity index (χ1) is 7.61. The normalized spacial score (nSPS) is 20.5. The molecule has 0 unspecified atom stereocenters. The minimum absolute atomic E-state index is 0.153. The first-order valence-electron chi connectivity index (χ1n) is 5.72. The van der Waals surface area contributed by atoms with Gasteiger partial charge in [-0.3, -0.25) is 9.69 Å². The van der Waals surface area contributed by atoms with Crippen LogP contribution in [0.2, 0.25) is 0 Å². The highest BCUT2D eigenvalue weighted by Gasteiger charge is 2.27. The van der Waals surface area contributed by atoms with Gasteiger partial charge in [-0.25, -0.2) is 0 Å². The summed E-state index contributed by atoms with van der Waals surface area (Å²) in [5, 5.41) is 0. The van der Waals surface area contributed by atoms with Gasteiger partial charge in [0.15, 0.2) is 0 Å². The fourth-order valence-corrected chi connectivity index (χ4v) is 2.30. The van der Waals surface area contributed by atoms with Crippen LogP contribution in [-0.2, 0) is 24.2 Å². The molecule has 2 N–H and O–H groups in total. The maximum atomic E-state index is 11.3. The van der Waals surface area contributed by atoms with E-state index in [1.165, 1.54) is 16.7 Å². The second-order valence-corrected chi connectivity index (χ2v) is 4.49. The molecule has 1 atom stereocenters. The Kier molecular flexibility index (Phi) is 2.97. The molecule has 1 aromatic carbocycles. The average Bonchev–Trinajstić information content (AvgIpc) is 2.27. The third-order valence-corrected chi connectivity index (χ3v) is 3.37. The molecule has 0 bridgehead atoms. The molecule has 1 amide bonds. The Balaban J connectivity index is 2.32.